The van der Waals surface area contributed by atoms with Crippen molar-refractivity contribution < 1.29 is 13.2 Å². The largest absolute Gasteiger partial charge is 0.397 e. The van der Waals surface area contributed by atoms with Gasteiger partial charge < -0.3 is 11.1 Å². The summed E-state index contributed by atoms with van der Waals surface area (Å²) in [6, 6.07) is 4.58. The Balaban J connectivity index is 2.48. The van der Waals surface area contributed by atoms with Crippen molar-refractivity contribution in [2.75, 3.05) is 11.1 Å². The van der Waals surface area contributed by atoms with Crippen molar-refractivity contribution in [3.63, 3.8) is 0 Å². The van der Waals surface area contributed by atoms with Crippen molar-refractivity contribution in [1.82, 2.24) is 0 Å². The van der Waals surface area contributed by atoms with Gasteiger partial charge in [0.2, 0.25) is 0 Å². The number of nitrogens with two attached hydrogens (primary N) is 1. The molecule has 19 heavy (non-hydrogen) atoms. The first-order valence-electron chi connectivity index (χ1n) is 5.36. The number of nitrogen functional groups attached to an aromatic ring is 1. The fraction of sp³-hybridized carbons (Fsp3) is 0.0769. The number of hydrogen-bond donors (Lipinski definition) is 2. The number of rotatable bonds is 2. The summed E-state index contributed by atoms with van der Waals surface area (Å²) in [6.07, 6.45) is 0. The highest BCUT2D eigenvalue weighted by Gasteiger charge is 2.14. The van der Waals surface area contributed by atoms with Crippen molar-refractivity contribution in [3.05, 3.63) is 52.3 Å². The van der Waals surface area contributed by atoms with Crippen LogP contribution >= 0.6 is 11.6 Å². The second-order valence-corrected chi connectivity index (χ2v) is 4.44. The molecule has 0 aromatic heterocycles. The number of anilines is 3. The highest BCUT2D eigenvalue weighted by Crippen LogP contribution is 2.31. The molecular weight excluding hydrogens is 277 g/mol. The summed E-state index contributed by atoms with van der Waals surface area (Å²) in [6.45, 7) is 1.49. The summed E-state index contributed by atoms with van der Waals surface area (Å²) >= 11 is 5.55. The molecule has 3 N–H and O–H groups in total. The van der Waals surface area contributed by atoms with E-state index in [2.05, 4.69) is 5.32 Å². The fourth-order valence-electron chi connectivity index (χ4n) is 1.58. The van der Waals surface area contributed by atoms with E-state index in [1.165, 1.54) is 19.1 Å². The zero-order valence-electron chi connectivity index (χ0n) is 9.90. The molecule has 0 aliphatic rings. The number of aryl methyl sites for hydroxylation is 1. The quantitative estimate of drug-likeness (QED) is 0.804. The van der Waals surface area contributed by atoms with Crippen molar-refractivity contribution in [2.24, 2.45) is 0 Å². The maximum atomic E-state index is 13.8. The minimum Gasteiger partial charge on any atom is -0.397 e. The molecule has 0 radical (unpaired) electrons. The zero-order valence-corrected chi connectivity index (χ0v) is 10.7. The lowest BCUT2D eigenvalue weighted by atomic mass is 10.2. The van der Waals surface area contributed by atoms with Crippen molar-refractivity contribution in [1.29, 1.82) is 0 Å². The van der Waals surface area contributed by atoms with E-state index in [1.54, 1.807) is 0 Å². The summed E-state index contributed by atoms with van der Waals surface area (Å²) in [4.78, 5) is 0. The number of benzene rings is 2. The van der Waals surface area contributed by atoms with Crippen LogP contribution in [0.3, 0.4) is 0 Å². The molecule has 6 heteroatoms. The Labute approximate surface area is 113 Å². The number of hydrogen-bond acceptors (Lipinski definition) is 2. The molecule has 100 valence electrons. The molecule has 0 spiro atoms. The van der Waals surface area contributed by atoms with E-state index >= 15 is 0 Å². The highest BCUT2D eigenvalue weighted by atomic mass is 35.5. The predicted molar refractivity (Wildman–Crippen MR) is 70.2 cm³/mol. The van der Waals surface area contributed by atoms with Gasteiger partial charge in [-0.1, -0.05) is 17.7 Å². The molecule has 0 unspecified atom stereocenters. The third-order valence-electron chi connectivity index (χ3n) is 2.64. The lowest BCUT2D eigenvalue weighted by Crippen LogP contribution is -2.02. The molecular formula is C13H10ClF3N2. The fourth-order valence-corrected chi connectivity index (χ4v) is 1.75. The highest BCUT2D eigenvalue weighted by molar-refractivity contribution is 6.31. The normalized spacial score (nSPS) is 10.6. The van der Waals surface area contributed by atoms with Crippen molar-refractivity contribution >= 4 is 28.7 Å². The maximum absolute atomic E-state index is 13.8. The van der Waals surface area contributed by atoms with Gasteiger partial charge in [-0.25, -0.2) is 13.2 Å². The standard InChI is InChI=1S/C13H10ClF3N2/c1-6-2-3-8(15)13(12(6)17)19-11-5-9(16)7(14)4-10(11)18/h2-5,19H,18H2,1H3. The molecule has 2 rings (SSSR count). The Morgan fingerprint density at radius 1 is 1.11 bits per heavy atom. The molecule has 2 nitrogen and oxygen atoms in total. The summed E-state index contributed by atoms with van der Waals surface area (Å²) in [5.41, 5.74) is 5.63. The Morgan fingerprint density at radius 2 is 1.79 bits per heavy atom. The molecule has 2 aromatic rings. The van der Waals surface area contributed by atoms with Crippen LogP contribution < -0.4 is 11.1 Å². The number of nitrogens with one attached hydrogen (secondary N) is 1. The molecule has 0 aliphatic carbocycles. The van der Waals surface area contributed by atoms with Gasteiger partial charge in [-0.15, -0.1) is 0 Å². The first-order valence-corrected chi connectivity index (χ1v) is 5.74. The van der Waals surface area contributed by atoms with E-state index in [9.17, 15) is 13.2 Å². The number of halogens is 4. The summed E-state index contributed by atoms with van der Waals surface area (Å²) < 4.78 is 40.7. The molecule has 0 atom stereocenters. The second kappa shape index (κ2) is 5.01. The van der Waals surface area contributed by atoms with Crippen LogP contribution in [0.25, 0.3) is 0 Å². The Bertz CT molecular complexity index is 644. The molecule has 0 fully saturated rings. The molecule has 0 saturated heterocycles. The van der Waals surface area contributed by atoms with Gasteiger partial charge in [0, 0.05) is 6.07 Å². The van der Waals surface area contributed by atoms with Crippen LogP contribution in [0.5, 0.6) is 0 Å². The van der Waals surface area contributed by atoms with Crippen LogP contribution in [0.15, 0.2) is 24.3 Å². The third-order valence-corrected chi connectivity index (χ3v) is 2.93. The SMILES string of the molecule is Cc1ccc(F)c(Nc2cc(F)c(Cl)cc2N)c1F. The smallest absolute Gasteiger partial charge is 0.152 e. The van der Waals surface area contributed by atoms with Gasteiger partial charge in [0.25, 0.3) is 0 Å². The van der Waals surface area contributed by atoms with Gasteiger partial charge in [-0.3, -0.25) is 0 Å². The molecule has 0 saturated carbocycles. The summed E-state index contributed by atoms with van der Waals surface area (Å²) in [5.74, 6) is -2.28. The van der Waals surface area contributed by atoms with E-state index < -0.39 is 17.5 Å². The maximum Gasteiger partial charge on any atom is 0.152 e. The van der Waals surface area contributed by atoms with Crippen LogP contribution in [0.1, 0.15) is 5.56 Å². The van der Waals surface area contributed by atoms with Gasteiger partial charge in [0.15, 0.2) is 5.82 Å². The Morgan fingerprint density at radius 3 is 2.47 bits per heavy atom. The van der Waals surface area contributed by atoms with Gasteiger partial charge in [-0.2, -0.15) is 0 Å². The van der Waals surface area contributed by atoms with Gasteiger partial charge in [-0.05, 0) is 24.6 Å². The minimum atomic E-state index is -0.794. The van der Waals surface area contributed by atoms with Crippen LogP contribution in [-0.4, -0.2) is 0 Å². The van der Waals surface area contributed by atoms with Crippen LogP contribution in [0, 0.1) is 24.4 Å². The second-order valence-electron chi connectivity index (χ2n) is 4.03. The summed E-state index contributed by atoms with van der Waals surface area (Å²) in [7, 11) is 0. The average molecular weight is 287 g/mol. The van der Waals surface area contributed by atoms with Gasteiger partial charge >= 0.3 is 0 Å². The average Bonchev–Trinajstić information content (AvgIpc) is 2.36. The monoisotopic (exact) mass is 286 g/mol. The minimum absolute atomic E-state index is 0.0466. The molecule has 0 heterocycles. The van der Waals surface area contributed by atoms with E-state index in [4.69, 9.17) is 17.3 Å². The summed E-state index contributed by atoms with van der Waals surface area (Å²) in [5, 5.41) is 2.28. The zero-order chi connectivity index (χ0) is 14.2. The lowest BCUT2D eigenvalue weighted by molar-refractivity contribution is 0.584. The van der Waals surface area contributed by atoms with E-state index in [1.807, 2.05) is 0 Å². The van der Waals surface area contributed by atoms with E-state index in [-0.39, 0.29) is 27.6 Å². The van der Waals surface area contributed by atoms with E-state index in [0.29, 0.717) is 0 Å². The Kier molecular flexibility index (Phi) is 3.57. The van der Waals surface area contributed by atoms with E-state index in [0.717, 1.165) is 12.1 Å². The predicted octanol–water partition coefficient (Wildman–Crippen LogP) is 4.39. The lowest BCUT2D eigenvalue weighted by Gasteiger charge is -2.13. The Hall–Kier alpha value is -1.88. The molecule has 0 bridgehead atoms. The van der Waals surface area contributed by atoms with Crippen molar-refractivity contribution in [3.8, 4) is 0 Å². The first-order chi connectivity index (χ1) is 8.90. The van der Waals surface area contributed by atoms with Gasteiger partial charge in [0.05, 0.1) is 16.4 Å². The van der Waals surface area contributed by atoms with Crippen molar-refractivity contribution in [2.45, 2.75) is 6.92 Å². The molecule has 2 aromatic carbocycles. The third kappa shape index (κ3) is 2.61. The van der Waals surface area contributed by atoms with Crippen LogP contribution in [0.4, 0.5) is 30.2 Å². The van der Waals surface area contributed by atoms with Crippen LogP contribution in [0.2, 0.25) is 5.02 Å². The topological polar surface area (TPSA) is 38.0 Å². The molecule has 0 aliphatic heterocycles. The van der Waals surface area contributed by atoms with Gasteiger partial charge in [0.1, 0.15) is 17.3 Å². The first kappa shape index (κ1) is 13.5. The molecule has 0 amide bonds. The van der Waals surface area contributed by atoms with Crippen LogP contribution in [-0.2, 0) is 0 Å².